The van der Waals surface area contributed by atoms with Crippen molar-refractivity contribution in [3.05, 3.63) is 18.2 Å². The van der Waals surface area contributed by atoms with E-state index >= 15 is 0 Å². The Kier molecular flexibility index (Phi) is 7.05. The third kappa shape index (κ3) is 4.19. The SMILES string of the molecule is CC=O.CCC1Sc2cc(N3CC(CNC)OC3=O)ccc2N(C)C1=O. The Labute approximate surface area is 158 Å². The zero-order valence-electron chi connectivity index (χ0n) is 15.5. The molecule has 2 aliphatic heterocycles. The molecular weight excluding hydrogens is 354 g/mol. The lowest BCUT2D eigenvalue weighted by atomic mass is 10.2. The van der Waals surface area contributed by atoms with E-state index in [9.17, 15) is 9.59 Å². The Morgan fingerprint density at radius 3 is 2.69 bits per heavy atom. The van der Waals surface area contributed by atoms with E-state index in [4.69, 9.17) is 9.53 Å². The van der Waals surface area contributed by atoms with Gasteiger partial charge in [0.25, 0.3) is 0 Å². The number of ether oxygens (including phenoxy) is 1. The van der Waals surface area contributed by atoms with Crippen LogP contribution in [0.4, 0.5) is 16.2 Å². The van der Waals surface area contributed by atoms with Gasteiger partial charge in [-0.25, -0.2) is 4.79 Å². The fourth-order valence-electron chi connectivity index (χ4n) is 2.90. The first-order valence-corrected chi connectivity index (χ1v) is 9.45. The molecule has 3 rings (SSSR count). The van der Waals surface area contributed by atoms with Crippen molar-refractivity contribution in [3.8, 4) is 0 Å². The van der Waals surface area contributed by atoms with E-state index in [0.717, 1.165) is 29.0 Å². The predicted molar refractivity (Wildman–Crippen MR) is 103 cm³/mol. The van der Waals surface area contributed by atoms with Crippen LogP contribution < -0.4 is 15.1 Å². The van der Waals surface area contributed by atoms with Gasteiger partial charge in [-0.15, -0.1) is 11.8 Å². The lowest BCUT2D eigenvalue weighted by Gasteiger charge is -2.31. The van der Waals surface area contributed by atoms with E-state index in [1.165, 1.54) is 6.92 Å². The highest BCUT2D eigenvalue weighted by Gasteiger charge is 2.34. The second kappa shape index (κ2) is 9.05. The first-order chi connectivity index (χ1) is 12.5. The largest absolute Gasteiger partial charge is 0.443 e. The molecule has 7 nitrogen and oxygen atoms in total. The summed E-state index contributed by atoms with van der Waals surface area (Å²) in [7, 11) is 3.64. The first kappa shape index (κ1) is 20.3. The predicted octanol–water partition coefficient (Wildman–Crippen LogP) is 2.28. The fraction of sp³-hybridized carbons (Fsp3) is 0.500. The van der Waals surface area contributed by atoms with Crippen LogP contribution in [0.1, 0.15) is 20.3 Å². The van der Waals surface area contributed by atoms with Gasteiger partial charge in [0, 0.05) is 24.2 Å². The average molecular weight is 379 g/mol. The van der Waals surface area contributed by atoms with E-state index in [1.807, 2.05) is 32.2 Å². The normalized spacial score (nSPS) is 21.7. The Morgan fingerprint density at radius 2 is 2.08 bits per heavy atom. The minimum atomic E-state index is -0.317. The summed E-state index contributed by atoms with van der Waals surface area (Å²) in [6, 6.07) is 5.76. The highest BCUT2D eigenvalue weighted by atomic mass is 32.2. The van der Waals surface area contributed by atoms with E-state index in [2.05, 4.69) is 5.32 Å². The van der Waals surface area contributed by atoms with Gasteiger partial charge in [0.2, 0.25) is 5.91 Å². The number of thioether (sulfide) groups is 1. The summed E-state index contributed by atoms with van der Waals surface area (Å²) >= 11 is 1.57. The number of benzene rings is 1. The molecule has 26 heavy (non-hydrogen) atoms. The van der Waals surface area contributed by atoms with Crippen LogP contribution in [0.2, 0.25) is 0 Å². The minimum Gasteiger partial charge on any atom is -0.443 e. The van der Waals surface area contributed by atoms with Crippen molar-refractivity contribution in [1.29, 1.82) is 0 Å². The van der Waals surface area contributed by atoms with Crippen LogP contribution in [0.5, 0.6) is 0 Å². The third-order valence-corrected chi connectivity index (χ3v) is 5.57. The number of carbonyl (C=O) groups excluding carboxylic acids is 3. The molecule has 1 aromatic carbocycles. The zero-order chi connectivity index (χ0) is 19.3. The molecule has 0 saturated carbocycles. The number of hydrogen-bond acceptors (Lipinski definition) is 6. The average Bonchev–Trinajstić information content (AvgIpc) is 2.99. The van der Waals surface area contributed by atoms with E-state index in [1.54, 1.807) is 28.6 Å². The summed E-state index contributed by atoms with van der Waals surface area (Å²) in [6.07, 6.45) is 1.08. The number of rotatable bonds is 4. The molecule has 1 saturated heterocycles. The molecule has 2 unspecified atom stereocenters. The topological polar surface area (TPSA) is 79.0 Å². The quantitative estimate of drug-likeness (QED) is 0.809. The number of carbonyl (C=O) groups is 3. The van der Waals surface area contributed by atoms with Gasteiger partial charge in [-0.05, 0) is 38.6 Å². The van der Waals surface area contributed by atoms with Crippen LogP contribution in [0.3, 0.4) is 0 Å². The molecule has 0 spiro atoms. The van der Waals surface area contributed by atoms with Gasteiger partial charge in [-0.2, -0.15) is 0 Å². The molecule has 1 N–H and O–H groups in total. The number of cyclic esters (lactones) is 1. The Morgan fingerprint density at radius 1 is 1.38 bits per heavy atom. The number of fused-ring (bicyclic) bond motifs is 1. The number of nitrogens with zero attached hydrogens (tertiary/aromatic N) is 2. The van der Waals surface area contributed by atoms with Crippen molar-refractivity contribution in [1.82, 2.24) is 5.32 Å². The van der Waals surface area contributed by atoms with Crippen LogP contribution in [0.25, 0.3) is 0 Å². The molecule has 2 aliphatic rings. The van der Waals surface area contributed by atoms with Crippen LogP contribution in [0.15, 0.2) is 23.1 Å². The molecule has 0 aliphatic carbocycles. The molecular formula is C18H25N3O4S. The van der Waals surface area contributed by atoms with Crippen LogP contribution in [0, 0.1) is 0 Å². The molecule has 0 bridgehead atoms. The summed E-state index contributed by atoms with van der Waals surface area (Å²) < 4.78 is 5.35. The zero-order valence-corrected chi connectivity index (χ0v) is 16.3. The maximum Gasteiger partial charge on any atom is 0.414 e. The van der Waals surface area contributed by atoms with E-state index in [-0.39, 0.29) is 23.4 Å². The van der Waals surface area contributed by atoms with Gasteiger partial charge in [0.05, 0.1) is 17.5 Å². The maximum atomic E-state index is 12.2. The highest BCUT2D eigenvalue weighted by Crippen LogP contribution is 2.42. The van der Waals surface area contributed by atoms with Gasteiger partial charge in [0.15, 0.2) is 0 Å². The Balaban J connectivity index is 0.000000758. The van der Waals surface area contributed by atoms with E-state index in [0.29, 0.717) is 13.1 Å². The van der Waals surface area contributed by atoms with Crippen molar-refractivity contribution in [2.24, 2.45) is 0 Å². The van der Waals surface area contributed by atoms with Gasteiger partial charge in [-0.1, -0.05) is 6.92 Å². The summed E-state index contributed by atoms with van der Waals surface area (Å²) in [5, 5.41) is 2.96. The Bertz CT molecular complexity index is 682. The number of nitrogens with one attached hydrogen (secondary N) is 1. The summed E-state index contributed by atoms with van der Waals surface area (Å²) in [6.45, 7) is 4.63. The smallest absolute Gasteiger partial charge is 0.414 e. The van der Waals surface area contributed by atoms with Gasteiger partial charge in [-0.3, -0.25) is 9.69 Å². The van der Waals surface area contributed by atoms with Gasteiger partial charge >= 0.3 is 6.09 Å². The second-order valence-corrected chi connectivity index (χ2v) is 7.22. The van der Waals surface area contributed by atoms with Crippen LogP contribution >= 0.6 is 11.8 Å². The van der Waals surface area contributed by atoms with Gasteiger partial charge < -0.3 is 19.7 Å². The lowest BCUT2D eigenvalue weighted by molar-refractivity contribution is -0.118. The molecule has 0 radical (unpaired) electrons. The maximum absolute atomic E-state index is 12.2. The molecule has 8 heteroatoms. The number of likely N-dealkylation sites (N-methyl/N-ethyl adjacent to an activating group) is 1. The standard InChI is InChI=1S/C16H21N3O3S.C2H4O/c1-4-13-15(20)18(3)12-6-5-10(7-14(12)23-13)19-9-11(8-17-2)22-16(19)21;1-2-3/h5-7,11,13,17H,4,8-9H2,1-3H3;2H,1H3. The number of anilines is 2. The summed E-state index contributed by atoms with van der Waals surface area (Å²) in [5.41, 5.74) is 1.71. The number of hydrogen-bond donors (Lipinski definition) is 1. The lowest BCUT2D eigenvalue weighted by Crippen LogP contribution is -2.37. The fourth-order valence-corrected chi connectivity index (χ4v) is 4.15. The molecule has 2 atom stereocenters. The van der Waals surface area contributed by atoms with Crippen molar-refractivity contribution in [2.45, 2.75) is 36.5 Å². The minimum absolute atomic E-state index is 0.0645. The third-order valence-electron chi connectivity index (χ3n) is 4.17. The number of aldehydes is 1. The van der Waals surface area contributed by atoms with Gasteiger partial charge in [0.1, 0.15) is 12.4 Å². The molecule has 1 fully saturated rings. The summed E-state index contributed by atoms with van der Waals surface area (Å²) in [4.78, 5) is 37.5. The van der Waals surface area contributed by atoms with E-state index < -0.39 is 0 Å². The molecule has 2 heterocycles. The van der Waals surface area contributed by atoms with Crippen molar-refractivity contribution in [2.75, 3.05) is 37.0 Å². The molecule has 0 aromatic heterocycles. The molecule has 2 amide bonds. The van der Waals surface area contributed by atoms with Crippen molar-refractivity contribution >= 4 is 41.4 Å². The second-order valence-electron chi connectivity index (χ2n) is 5.97. The first-order valence-electron chi connectivity index (χ1n) is 8.57. The summed E-state index contributed by atoms with van der Waals surface area (Å²) in [5.74, 6) is 0.132. The van der Waals surface area contributed by atoms with Crippen molar-refractivity contribution in [3.63, 3.8) is 0 Å². The Hall–Kier alpha value is -2.06. The highest BCUT2D eigenvalue weighted by molar-refractivity contribution is 8.01. The van der Waals surface area contributed by atoms with Crippen LogP contribution in [-0.2, 0) is 14.3 Å². The number of amides is 2. The van der Waals surface area contributed by atoms with Crippen LogP contribution in [-0.4, -0.2) is 56.8 Å². The monoisotopic (exact) mass is 379 g/mol. The molecule has 142 valence electrons. The molecule has 1 aromatic rings. The van der Waals surface area contributed by atoms with Crippen molar-refractivity contribution < 1.29 is 19.1 Å².